The fourth-order valence-corrected chi connectivity index (χ4v) is 7.57. The Balaban J connectivity index is 0.00000109. The van der Waals surface area contributed by atoms with Crippen molar-refractivity contribution in [1.29, 1.82) is 0 Å². The van der Waals surface area contributed by atoms with Gasteiger partial charge in [0.15, 0.2) is 0 Å². The van der Waals surface area contributed by atoms with Crippen molar-refractivity contribution in [1.82, 2.24) is 0 Å². The Kier molecular flexibility index (Phi) is 7.33. The van der Waals surface area contributed by atoms with Crippen molar-refractivity contribution in [2.45, 2.75) is 35.5 Å². The quantitative estimate of drug-likeness (QED) is 0.415. The van der Waals surface area contributed by atoms with Crippen LogP contribution in [-0.4, -0.2) is 0 Å². The van der Waals surface area contributed by atoms with E-state index in [4.69, 9.17) is 10.7 Å². The largest absolute Gasteiger partial charge is 0.0802 e. The van der Waals surface area contributed by atoms with E-state index in [1.165, 1.54) is 31.4 Å². The minimum Gasteiger partial charge on any atom is -0.0802 e. The molecule has 0 aliphatic rings. The fraction of sp³-hybridized carbons (Fsp3) is 0.143. The summed E-state index contributed by atoms with van der Waals surface area (Å²) in [7, 11) is 10.1. The van der Waals surface area contributed by atoms with E-state index in [9.17, 15) is 0 Å². The fourth-order valence-electron chi connectivity index (χ4n) is 2.97. The highest BCUT2D eigenvalue weighted by atomic mass is 35.7. The number of hydrogen-bond donors (Lipinski definition) is 1. The van der Waals surface area contributed by atoms with E-state index in [2.05, 4.69) is 116 Å². The van der Waals surface area contributed by atoms with Crippen molar-refractivity contribution < 1.29 is 0 Å². The summed E-state index contributed by atoms with van der Waals surface area (Å²) < 4.78 is 0. The number of halogens is 2. The molecule has 3 aromatic carbocycles. The second-order valence-electron chi connectivity index (χ2n) is 5.83. The van der Waals surface area contributed by atoms with Crippen molar-refractivity contribution in [2.24, 2.45) is 0 Å². The van der Waals surface area contributed by atoms with Gasteiger partial charge in [0.2, 0.25) is 0 Å². The molecular formula is C21H22Cl2S2. The molecule has 0 nitrogen and oxygen atoms in total. The summed E-state index contributed by atoms with van der Waals surface area (Å²) in [5, 5.41) is 0. The van der Waals surface area contributed by atoms with Crippen molar-refractivity contribution in [3.63, 3.8) is 0 Å². The van der Waals surface area contributed by atoms with Gasteiger partial charge in [-0.3, -0.25) is 0 Å². The summed E-state index contributed by atoms with van der Waals surface area (Å²) in [6.45, 7) is 6.45. The second kappa shape index (κ2) is 9.05. The van der Waals surface area contributed by atoms with E-state index < -0.39 is 9.24 Å². The molecule has 0 heterocycles. The first-order chi connectivity index (χ1) is 12.0. The molecule has 0 fully saturated rings. The third-order valence-corrected chi connectivity index (χ3v) is 8.88. The molecule has 0 unspecified atom stereocenters. The van der Waals surface area contributed by atoms with Crippen LogP contribution in [0.25, 0.3) is 0 Å². The highest BCUT2D eigenvalue weighted by Gasteiger charge is 2.32. The molecule has 4 heteroatoms. The number of aryl methyl sites for hydroxylation is 3. The highest BCUT2D eigenvalue weighted by Crippen LogP contribution is 2.74. The lowest BCUT2D eigenvalue weighted by Crippen LogP contribution is -2.02. The van der Waals surface area contributed by atoms with Gasteiger partial charge >= 0.3 is 0 Å². The smallest absolute Gasteiger partial charge is 0.0146 e. The van der Waals surface area contributed by atoms with E-state index >= 15 is 0 Å². The van der Waals surface area contributed by atoms with Gasteiger partial charge in [0.25, 0.3) is 0 Å². The van der Waals surface area contributed by atoms with Gasteiger partial charge in [0, 0.05) is 14.7 Å². The Bertz CT molecular complexity index is 736. The molecule has 132 valence electrons. The lowest BCUT2D eigenvalue weighted by Gasteiger charge is -2.37. The molecule has 3 aromatic rings. The van der Waals surface area contributed by atoms with E-state index in [0.29, 0.717) is 0 Å². The zero-order valence-corrected chi connectivity index (χ0v) is 17.8. The van der Waals surface area contributed by atoms with Crippen molar-refractivity contribution in [3.05, 3.63) is 89.5 Å². The topological polar surface area (TPSA) is 0 Å². The van der Waals surface area contributed by atoms with E-state index in [-0.39, 0.29) is 0 Å². The molecule has 0 aliphatic heterocycles. The van der Waals surface area contributed by atoms with Crippen LogP contribution in [0.4, 0.5) is 0 Å². The minimum atomic E-state index is -1.79. The maximum Gasteiger partial charge on any atom is 0.0146 e. The average Bonchev–Trinajstić information content (AvgIpc) is 2.64. The third kappa shape index (κ3) is 4.03. The molecule has 0 atom stereocenters. The molecular weight excluding hydrogens is 387 g/mol. The number of thiol groups is 1. The normalized spacial score (nSPS) is 11.4. The summed E-state index contributed by atoms with van der Waals surface area (Å²) in [4.78, 5) is 3.68. The Morgan fingerprint density at radius 2 is 0.800 bits per heavy atom. The minimum absolute atomic E-state index is 1.23. The molecule has 0 amide bonds. The average molecular weight is 409 g/mol. The van der Waals surface area contributed by atoms with Gasteiger partial charge in [-0.15, -0.1) is 0 Å². The predicted octanol–water partition coefficient (Wildman–Crippen LogP) is 8.12. The van der Waals surface area contributed by atoms with Crippen molar-refractivity contribution in [2.75, 3.05) is 0 Å². The first-order valence-corrected chi connectivity index (χ1v) is 11.7. The Hall–Kier alpha value is -1.06. The molecule has 0 N–H and O–H groups in total. The molecule has 0 bridgehead atoms. The SMILES string of the molecule is Cc1ccccc1S(Cl)(c1ccccc1C)c1ccccc1C.SCl. The van der Waals surface area contributed by atoms with Crippen molar-refractivity contribution in [3.8, 4) is 0 Å². The van der Waals surface area contributed by atoms with Crippen LogP contribution in [0, 0.1) is 20.8 Å². The van der Waals surface area contributed by atoms with E-state index in [1.54, 1.807) is 0 Å². The first kappa shape index (κ1) is 20.3. The lowest BCUT2D eigenvalue weighted by atomic mass is 10.2. The van der Waals surface area contributed by atoms with Gasteiger partial charge in [0.05, 0.1) is 0 Å². The van der Waals surface area contributed by atoms with Gasteiger partial charge in [-0.1, -0.05) is 86.4 Å². The molecule has 0 saturated carbocycles. The van der Waals surface area contributed by atoms with E-state index in [0.717, 1.165) is 0 Å². The highest BCUT2D eigenvalue weighted by molar-refractivity contribution is 8.51. The molecule has 25 heavy (non-hydrogen) atoms. The zero-order chi connectivity index (χ0) is 18.4. The number of benzene rings is 3. The molecule has 0 spiro atoms. The predicted molar refractivity (Wildman–Crippen MR) is 117 cm³/mol. The zero-order valence-electron chi connectivity index (χ0n) is 14.5. The van der Waals surface area contributed by atoms with Crippen LogP contribution in [-0.2, 0) is 0 Å². The van der Waals surface area contributed by atoms with Crippen LogP contribution in [0.5, 0.6) is 0 Å². The van der Waals surface area contributed by atoms with Crippen molar-refractivity contribution >= 4 is 42.4 Å². The summed E-state index contributed by atoms with van der Waals surface area (Å²) in [6.07, 6.45) is 0. The van der Waals surface area contributed by atoms with Crippen LogP contribution < -0.4 is 0 Å². The van der Waals surface area contributed by atoms with Gasteiger partial charge in [-0.2, -0.15) is 0 Å². The Morgan fingerprint density at radius 1 is 0.560 bits per heavy atom. The van der Waals surface area contributed by atoms with Gasteiger partial charge in [0.1, 0.15) is 0 Å². The molecule has 0 saturated heterocycles. The lowest BCUT2D eigenvalue weighted by molar-refractivity contribution is 1.20. The van der Waals surface area contributed by atoms with E-state index in [1.807, 2.05) is 0 Å². The summed E-state index contributed by atoms with van der Waals surface area (Å²) in [5.41, 5.74) is 3.72. The first-order valence-electron chi connectivity index (χ1n) is 7.92. The Labute approximate surface area is 166 Å². The van der Waals surface area contributed by atoms with Crippen LogP contribution in [0.3, 0.4) is 0 Å². The molecule has 3 rings (SSSR count). The second-order valence-corrected chi connectivity index (χ2v) is 9.62. The van der Waals surface area contributed by atoms with Crippen LogP contribution >= 0.6 is 42.4 Å². The van der Waals surface area contributed by atoms with Crippen LogP contribution in [0.1, 0.15) is 16.7 Å². The number of hydrogen-bond acceptors (Lipinski definition) is 1. The van der Waals surface area contributed by atoms with Crippen LogP contribution in [0.15, 0.2) is 87.5 Å². The molecule has 0 aromatic heterocycles. The third-order valence-electron chi connectivity index (χ3n) is 4.19. The maximum atomic E-state index is 7.51. The summed E-state index contributed by atoms with van der Waals surface area (Å²) in [6, 6.07) is 25.5. The van der Waals surface area contributed by atoms with Crippen LogP contribution in [0.2, 0.25) is 0 Å². The van der Waals surface area contributed by atoms with Gasteiger partial charge < -0.3 is 0 Å². The van der Waals surface area contributed by atoms with Gasteiger partial charge in [-0.25, -0.2) is 0 Å². The monoisotopic (exact) mass is 408 g/mol. The number of rotatable bonds is 3. The summed E-state index contributed by atoms with van der Waals surface area (Å²) in [5.74, 6) is 0. The maximum absolute atomic E-state index is 7.51. The molecule has 0 aliphatic carbocycles. The van der Waals surface area contributed by atoms with Gasteiger partial charge in [-0.05, 0) is 66.3 Å². The Morgan fingerprint density at radius 3 is 1.04 bits per heavy atom. The standard InChI is InChI=1S/C21H21ClS.ClHS/c1-16-10-4-7-13-19(16)23(22,20-14-8-5-11-17(20)2)21-15-9-6-12-18(21)3;1-2/h4-15H,1-3H3;2H. The molecule has 0 radical (unpaired) electrons. The summed E-state index contributed by atoms with van der Waals surface area (Å²) >= 11 is 3.00.